The van der Waals surface area contributed by atoms with Crippen LogP contribution in [0.3, 0.4) is 0 Å². The Kier molecular flexibility index (Phi) is 5.03. The smallest absolute Gasteiger partial charge is 0.0991 e. The van der Waals surface area contributed by atoms with Gasteiger partial charge in [0.2, 0.25) is 0 Å². The molecule has 0 unspecified atom stereocenters. The second kappa shape index (κ2) is 6.99. The van der Waals surface area contributed by atoms with E-state index < -0.39 is 0 Å². The van der Waals surface area contributed by atoms with Crippen molar-refractivity contribution >= 4 is 0 Å². The summed E-state index contributed by atoms with van der Waals surface area (Å²) in [7, 11) is 1.69. The number of hydrogen-bond donors (Lipinski definition) is 0. The number of allylic oxidation sites excluding steroid dienone is 1. The van der Waals surface area contributed by atoms with Crippen LogP contribution in [0.15, 0.2) is 36.6 Å². The van der Waals surface area contributed by atoms with Crippen molar-refractivity contribution in [1.29, 1.82) is 5.26 Å². The number of methoxy groups -OCH3 is 1. The third kappa shape index (κ3) is 3.86. The van der Waals surface area contributed by atoms with Crippen molar-refractivity contribution in [2.24, 2.45) is 5.92 Å². The van der Waals surface area contributed by atoms with Gasteiger partial charge in [0.15, 0.2) is 0 Å². The summed E-state index contributed by atoms with van der Waals surface area (Å²) in [6, 6.07) is 10.3. The normalized spacial score (nSPS) is 23.2. The lowest BCUT2D eigenvalue weighted by Crippen LogP contribution is -2.12. The Bertz CT molecular complexity index is 447. The van der Waals surface area contributed by atoms with Gasteiger partial charge in [-0.05, 0) is 67.7 Å². The van der Waals surface area contributed by atoms with Crippen LogP contribution in [-0.4, -0.2) is 7.11 Å². The second-order valence-corrected chi connectivity index (χ2v) is 5.29. The van der Waals surface area contributed by atoms with Gasteiger partial charge in [0.1, 0.15) is 0 Å². The number of hydrogen-bond acceptors (Lipinski definition) is 2. The molecule has 19 heavy (non-hydrogen) atoms. The zero-order chi connectivity index (χ0) is 13.5. The van der Waals surface area contributed by atoms with Crippen molar-refractivity contribution < 1.29 is 4.74 Å². The van der Waals surface area contributed by atoms with Crippen LogP contribution in [0, 0.1) is 17.2 Å². The van der Waals surface area contributed by atoms with Crippen molar-refractivity contribution in [2.75, 3.05) is 7.11 Å². The van der Waals surface area contributed by atoms with E-state index in [4.69, 9.17) is 10.00 Å². The summed E-state index contributed by atoms with van der Waals surface area (Å²) < 4.78 is 4.94. The molecule has 0 spiro atoms. The van der Waals surface area contributed by atoms with E-state index >= 15 is 0 Å². The second-order valence-electron chi connectivity index (χ2n) is 5.29. The minimum Gasteiger partial charge on any atom is -0.505 e. The molecule has 0 atom stereocenters. The van der Waals surface area contributed by atoms with E-state index in [1.807, 2.05) is 12.1 Å². The first-order valence-electron chi connectivity index (χ1n) is 7.01. The van der Waals surface area contributed by atoms with E-state index in [1.54, 1.807) is 13.4 Å². The summed E-state index contributed by atoms with van der Waals surface area (Å²) in [5.74, 6) is 1.48. The molecular weight excluding hydrogens is 234 g/mol. The maximum absolute atomic E-state index is 8.81. The summed E-state index contributed by atoms with van der Waals surface area (Å²) in [5.41, 5.74) is 2.15. The van der Waals surface area contributed by atoms with E-state index in [0.717, 1.165) is 17.9 Å². The molecule has 0 aromatic heterocycles. The first-order valence-corrected chi connectivity index (χ1v) is 7.01. The van der Waals surface area contributed by atoms with Crippen LogP contribution >= 0.6 is 0 Å². The van der Waals surface area contributed by atoms with E-state index in [9.17, 15) is 0 Å². The Morgan fingerprint density at radius 3 is 2.47 bits per heavy atom. The Hall–Kier alpha value is -1.75. The molecule has 1 fully saturated rings. The third-order valence-corrected chi connectivity index (χ3v) is 4.06. The molecular formula is C17H21NO. The van der Waals surface area contributed by atoms with Crippen molar-refractivity contribution in [3.8, 4) is 6.07 Å². The predicted molar refractivity (Wildman–Crippen MR) is 76.6 cm³/mol. The van der Waals surface area contributed by atoms with Gasteiger partial charge in [0.25, 0.3) is 0 Å². The summed E-state index contributed by atoms with van der Waals surface area (Å²) in [5, 5.41) is 8.81. The summed E-state index contributed by atoms with van der Waals surface area (Å²) >= 11 is 0. The first-order chi connectivity index (χ1) is 9.33. The van der Waals surface area contributed by atoms with Crippen molar-refractivity contribution in [3.05, 3.63) is 47.7 Å². The minimum atomic E-state index is 0.676. The maximum Gasteiger partial charge on any atom is 0.0991 e. The average molecular weight is 255 g/mol. The SMILES string of the molecule is CO/C=C/CC1CCC(c2ccc(C#N)cc2)CC1. The number of nitrogens with zero attached hydrogens (tertiary/aromatic N) is 1. The van der Waals surface area contributed by atoms with Gasteiger partial charge in [-0.3, -0.25) is 0 Å². The summed E-state index contributed by atoms with van der Waals surface area (Å²) in [6.07, 6.45) is 10.2. The van der Waals surface area contributed by atoms with Crippen LogP contribution in [0.1, 0.15) is 49.1 Å². The standard InChI is InChI=1S/C17H21NO/c1-19-12-2-3-14-4-8-16(9-5-14)17-10-6-15(13-18)7-11-17/h2,6-7,10-12,14,16H,3-5,8-9H2,1H3/b12-2+. The highest BCUT2D eigenvalue weighted by Crippen LogP contribution is 2.37. The molecule has 100 valence electrons. The number of ether oxygens (including phenoxy) is 1. The summed E-state index contributed by atoms with van der Waals surface area (Å²) in [6.45, 7) is 0. The molecule has 0 aliphatic heterocycles. The van der Waals surface area contributed by atoms with Crippen molar-refractivity contribution in [2.45, 2.75) is 38.0 Å². The minimum absolute atomic E-state index is 0.676. The highest BCUT2D eigenvalue weighted by Gasteiger charge is 2.21. The quantitative estimate of drug-likeness (QED) is 0.748. The molecule has 2 rings (SSSR count). The summed E-state index contributed by atoms with van der Waals surface area (Å²) in [4.78, 5) is 0. The number of benzene rings is 1. The molecule has 1 aliphatic carbocycles. The van der Waals surface area contributed by atoms with Gasteiger partial charge in [-0.25, -0.2) is 0 Å². The van der Waals surface area contributed by atoms with E-state index in [0.29, 0.717) is 5.92 Å². The number of rotatable bonds is 4. The van der Waals surface area contributed by atoms with Crippen LogP contribution in [0.4, 0.5) is 0 Å². The highest BCUT2D eigenvalue weighted by molar-refractivity contribution is 5.33. The molecule has 0 bridgehead atoms. The molecule has 0 amide bonds. The lowest BCUT2D eigenvalue weighted by molar-refractivity contribution is 0.315. The molecule has 0 radical (unpaired) electrons. The largest absolute Gasteiger partial charge is 0.505 e. The molecule has 1 saturated carbocycles. The van der Waals surface area contributed by atoms with Crippen LogP contribution in [-0.2, 0) is 4.74 Å². The van der Waals surface area contributed by atoms with Gasteiger partial charge in [0.05, 0.1) is 25.0 Å². The lowest BCUT2D eigenvalue weighted by atomic mass is 9.77. The monoisotopic (exact) mass is 255 g/mol. The molecule has 1 aliphatic rings. The van der Waals surface area contributed by atoms with Crippen LogP contribution in [0.25, 0.3) is 0 Å². The van der Waals surface area contributed by atoms with E-state index in [-0.39, 0.29) is 0 Å². The van der Waals surface area contributed by atoms with Crippen molar-refractivity contribution in [3.63, 3.8) is 0 Å². The van der Waals surface area contributed by atoms with Gasteiger partial charge in [-0.1, -0.05) is 12.1 Å². The van der Waals surface area contributed by atoms with Crippen LogP contribution in [0.5, 0.6) is 0 Å². The van der Waals surface area contributed by atoms with Gasteiger partial charge in [-0.2, -0.15) is 5.26 Å². The Morgan fingerprint density at radius 2 is 1.89 bits per heavy atom. The van der Waals surface area contributed by atoms with Crippen molar-refractivity contribution in [1.82, 2.24) is 0 Å². The van der Waals surface area contributed by atoms with Gasteiger partial charge in [-0.15, -0.1) is 0 Å². The fourth-order valence-electron chi connectivity index (χ4n) is 2.91. The lowest BCUT2D eigenvalue weighted by Gasteiger charge is -2.28. The van der Waals surface area contributed by atoms with Crippen LogP contribution in [0.2, 0.25) is 0 Å². The van der Waals surface area contributed by atoms with Crippen LogP contribution < -0.4 is 0 Å². The first kappa shape index (κ1) is 13.7. The topological polar surface area (TPSA) is 33.0 Å². The average Bonchev–Trinajstić information content (AvgIpc) is 2.48. The zero-order valence-electron chi connectivity index (χ0n) is 11.5. The molecule has 1 aromatic carbocycles. The Balaban J connectivity index is 1.85. The van der Waals surface area contributed by atoms with Gasteiger partial charge in [0, 0.05) is 0 Å². The molecule has 0 saturated heterocycles. The molecule has 0 N–H and O–H groups in total. The molecule has 0 heterocycles. The number of nitriles is 1. The molecule has 2 nitrogen and oxygen atoms in total. The Labute approximate surface area is 115 Å². The van der Waals surface area contributed by atoms with Gasteiger partial charge >= 0.3 is 0 Å². The third-order valence-electron chi connectivity index (χ3n) is 4.06. The fourth-order valence-corrected chi connectivity index (χ4v) is 2.91. The molecule has 1 aromatic rings. The van der Waals surface area contributed by atoms with E-state index in [1.165, 1.54) is 31.2 Å². The fraction of sp³-hybridized carbons (Fsp3) is 0.471. The van der Waals surface area contributed by atoms with Gasteiger partial charge < -0.3 is 4.74 Å². The van der Waals surface area contributed by atoms with E-state index in [2.05, 4.69) is 24.3 Å². The molecule has 2 heteroatoms. The maximum atomic E-state index is 8.81. The highest BCUT2D eigenvalue weighted by atomic mass is 16.5. The predicted octanol–water partition coefficient (Wildman–Crippen LogP) is 4.38. The Morgan fingerprint density at radius 1 is 1.21 bits per heavy atom. The zero-order valence-corrected chi connectivity index (χ0v) is 11.5.